The van der Waals surface area contributed by atoms with Crippen LogP contribution < -0.4 is 5.32 Å². The summed E-state index contributed by atoms with van der Waals surface area (Å²) in [7, 11) is 1.52. The minimum atomic E-state index is -0.982. The van der Waals surface area contributed by atoms with Crippen LogP contribution in [0.1, 0.15) is 18.9 Å². The summed E-state index contributed by atoms with van der Waals surface area (Å²) in [6, 6.07) is 5.28. The summed E-state index contributed by atoms with van der Waals surface area (Å²) in [4.78, 5) is 23.5. The number of carboxylic acids is 1. The van der Waals surface area contributed by atoms with Gasteiger partial charge in [-0.3, -0.25) is 4.79 Å². The molecule has 104 valence electrons. The molecule has 0 spiro atoms. The Bertz CT molecular complexity index is 465. The number of hydrogen-bond donors (Lipinski definition) is 2. The van der Waals surface area contributed by atoms with Crippen molar-refractivity contribution in [3.63, 3.8) is 0 Å². The lowest BCUT2D eigenvalue weighted by molar-refractivity contribution is -0.137. The molecule has 5 nitrogen and oxygen atoms in total. The van der Waals surface area contributed by atoms with Crippen LogP contribution in [0.3, 0.4) is 0 Å². The molecular formula is C13H17FN2O3. The van der Waals surface area contributed by atoms with Crippen molar-refractivity contribution in [2.45, 2.75) is 25.9 Å². The molecule has 2 N–H and O–H groups in total. The number of benzene rings is 1. The molecule has 0 aromatic heterocycles. The predicted molar refractivity (Wildman–Crippen MR) is 68.1 cm³/mol. The first-order chi connectivity index (χ1) is 8.90. The van der Waals surface area contributed by atoms with E-state index < -0.39 is 18.0 Å². The van der Waals surface area contributed by atoms with E-state index in [1.807, 2.05) is 0 Å². The van der Waals surface area contributed by atoms with Gasteiger partial charge in [0.1, 0.15) is 5.82 Å². The van der Waals surface area contributed by atoms with Crippen LogP contribution in [0, 0.1) is 5.82 Å². The molecule has 0 heterocycles. The van der Waals surface area contributed by atoms with Crippen LogP contribution in [-0.4, -0.2) is 35.1 Å². The van der Waals surface area contributed by atoms with Gasteiger partial charge < -0.3 is 15.3 Å². The lowest BCUT2D eigenvalue weighted by Gasteiger charge is -2.21. The van der Waals surface area contributed by atoms with E-state index in [4.69, 9.17) is 5.11 Å². The van der Waals surface area contributed by atoms with Gasteiger partial charge in [-0.25, -0.2) is 9.18 Å². The summed E-state index contributed by atoms with van der Waals surface area (Å²) < 4.78 is 13.4. The summed E-state index contributed by atoms with van der Waals surface area (Å²) >= 11 is 0. The second kappa shape index (κ2) is 6.72. The van der Waals surface area contributed by atoms with Gasteiger partial charge in [-0.15, -0.1) is 0 Å². The van der Waals surface area contributed by atoms with Crippen LogP contribution in [0.4, 0.5) is 9.18 Å². The van der Waals surface area contributed by atoms with Gasteiger partial charge in [0, 0.05) is 25.2 Å². The van der Waals surface area contributed by atoms with E-state index in [0.717, 1.165) is 0 Å². The quantitative estimate of drug-likeness (QED) is 0.856. The molecule has 1 aromatic carbocycles. The normalized spacial score (nSPS) is 11.7. The molecule has 1 atom stereocenters. The van der Waals surface area contributed by atoms with Crippen molar-refractivity contribution in [2.24, 2.45) is 0 Å². The number of nitrogens with zero attached hydrogens (tertiary/aromatic N) is 1. The van der Waals surface area contributed by atoms with Crippen molar-refractivity contribution >= 4 is 12.0 Å². The van der Waals surface area contributed by atoms with Crippen molar-refractivity contribution in [3.8, 4) is 0 Å². The maximum Gasteiger partial charge on any atom is 0.317 e. The third-order valence-electron chi connectivity index (χ3n) is 2.56. The van der Waals surface area contributed by atoms with Crippen LogP contribution >= 0.6 is 0 Å². The standard InChI is InChI=1S/C13H17FN2O3/c1-9(7-12(17)18)15-13(19)16(2)8-10-5-3-4-6-11(10)14/h3-6,9H,7-8H2,1-2H3,(H,15,19)(H,17,18). The van der Waals surface area contributed by atoms with Gasteiger partial charge in [0.2, 0.25) is 0 Å². The first kappa shape index (κ1) is 14.9. The van der Waals surface area contributed by atoms with E-state index in [-0.39, 0.29) is 18.8 Å². The zero-order valence-corrected chi connectivity index (χ0v) is 10.9. The lowest BCUT2D eigenvalue weighted by Crippen LogP contribution is -2.42. The zero-order chi connectivity index (χ0) is 14.4. The second-order valence-corrected chi connectivity index (χ2v) is 4.40. The molecule has 0 aliphatic rings. The summed E-state index contributed by atoms with van der Waals surface area (Å²) in [6.45, 7) is 1.72. The van der Waals surface area contributed by atoms with Crippen LogP contribution in [0.2, 0.25) is 0 Å². The average Bonchev–Trinajstić information content (AvgIpc) is 2.30. The zero-order valence-electron chi connectivity index (χ0n) is 10.9. The maximum atomic E-state index is 13.4. The monoisotopic (exact) mass is 268 g/mol. The predicted octanol–water partition coefficient (Wildman–Crippen LogP) is 1.83. The smallest absolute Gasteiger partial charge is 0.317 e. The fourth-order valence-electron chi connectivity index (χ4n) is 1.59. The summed E-state index contributed by atoms with van der Waals surface area (Å²) in [5.41, 5.74) is 0.408. The van der Waals surface area contributed by atoms with Gasteiger partial charge >= 0.3 is 12.0 Å². The molecule has 0 bridgehead atoms. The minimum absolute atomic E-state index is 0.123. The third kappa shape index (κ3) is 4.95. The van der Waals surface area contributed by atoms with E-state index in [9.17, 15) is 14.0 Å². The highest BCUT2D eigenvalue weighted by atomic mass is 19.1. The van der Waals surface area contributed by atoms with Crippen molar-refractivity contribution in [1.82, 2.24) is 10.2 Å². The molecule has 1 rings (SSSR count). The number of carboxylic acid groups (broad SMARTS) is 1. The molecule has 0 aliphatic heterocycles. The number of hydrogen-bond acceptors (Lipinski definition) is 2. The van der Waals surface area contributed by atoms with Gasteiger partial charge in [0.05, 0.1) is 6.42 Å². The molecule has 6 heteroatoms. The van der Waals surface area contributed by atoms with Crippen molar-refractivity contribution in [1.29, 1.82) is 0 Å². The highest BCUT2D eigenvalue weighted by molar-refractivity contribution is 5.75. The molecule has 2 amide bonds. The van der Waals surface area contributed by atoms with Gasteiger partial charge in [0.25, 0.3) is 0 Å². The van der Waals surface area contributed by atoms with Gasteiger partial charge in [-0.05, 0) is 13.0 Å². The van der Waals surface area contributed by atoms with E-state index in [1.165, 1.54) is 18.0 Å². The molecular weight excluding hydrogens is 251 g/mol. The number of urea groups is 1. The number of amides is 2. The van der Waals surface area contributed by atoms with E-state index >= 15 is 0 Å². The summed E-state index contributed by atoms with van der Waals surface area (Å²) in [6.07, 6.45) is -0.153. The van der Waals surface area contributed by atoms with Crippen LogP contribution in [-0.2, 0) is 11.3 Å². The molecule has 1 unspecified atom stereocenters. The molecule has 0 radical (unpaired) electrons. The third-order valence-corrected chi connectivity index (χ3v) is 2.56. The van der Waals surface area contributed by atoms with Crippen LogP contribution in [0.5, 0.6) is 0 Å². The summed E-state index contributed by atoms with van der Waals surface area (Å²) in [5, 5.41) is 11.1. The van der Waals surface area contributed by atoms with E-state index in [2.05, 4.69) is 5.32 Å². The molecule has 0 fully saturated rings. The number of nitrogens with one attached hydrogen (secondary N) is 1. The fourth-order valence-corrected chi connectivity index (χ4v) is 1.59. The van der Waals surface area contributed by atoms with Crippen molar-refractivity contribution < 1.29 is 19.1 Å². The number of carbonyl (C=O) groups is 2. The first-order valence-electron chi connectivity index (χ1n) is 5.87. The maximum absolute atomic E-state index is 13.4. The Morgan fingerprint density at radius 2 is 2.05 bits per heavy atom. The Kier molecular flexibility index (Phi) is 5.29. The average molecular weight is 268 g/mol. The van der Waals surface area contributed by atoms with Gasteiger partial charge in [0.15, 0.2) is 0 Å². The Morgan fingerprint density at radius 3 is 2.63 bits per heavy atom. The number of carbonyl (C=O) groups excluding carboxylic acids is 1. The molecule has 1 aromatic rings. The minimum Gasteiger partial charge on any atom is -0.481 e. The highest BCUT2D eigenvalue weighted by Gasteiger charge is 2.15. The van der Waals surface area contributed by atoms with Crippen LogP contribution in [0.25, 0.3) is 0 Å². The van der Waals surface area contributed by atoms with Crippen molar-refractivity contribution in [3.05, 3.63) is 35.6 Å². The van der Waals surface area contributed by atoms with Crippen LogP contribution in [0.15, 0.2) is 24.3 Å². The second-order valence-electron chi connectivity index (χ2n) is 4.40. The molecule has 19 heavy (non-hydrogen) atoms. The van der Waals surface area contributed by atoms with Gasteiger partial charge in [-0.1, -0.05) is 18.2 Å². The van der Waals surface area contributed by atoms with E-state index in [0.29, 0.717) is 5.56 Å². The van der Waals surface area contributed by atoms with Crippen molar-refractivity contribution in [2.75, 3.05) is 7.05 Å². The Morgan fingerprint density at radius 1 is 1.42 bits per heavy atom. The number of rotatable bonds is 5. The Balaban J connectivity index is 2.54. The first-order valence-corrected chi connectivity index (χ1v) is 5.87. The SMILES string of the molecule is CC(CC(=O)O)NC(=O)N(C)Cc1ccccc1F. The Hall–Kier alpha value is -2.11. The van der Waals surface area contributed by atoms with Gasteiger partial charge in [-0.2, -0.15) is 0 Å². The lowest BCUT2D eigenvalue weighted by atomic mass is 10.2. The number of halogens is 1. The number of aliphatic carboxylic acids is 1. The summed E-state index contributed by atoms with van der Waals surface area (Å²) in [5.74, 6) is -1.36. The highest BCUT2D eigenvalue weighted by Crippen LogP contribution is 2.09. The molecule has 0 saturated heterocycles. The topological polar surface area (TPSA) is 69.6 Å². The molecule has 0 saturated carbocycles. The fraction of sp³-hybridized carbons (Fsp3) is 0.385. The Labute approximate surface area is 111 Å². The largest absolute Gasteiger partial charge is 0.481 e. The molecule has 0 aliphatic carbocycles. The van der Waals surface area contributed by atoms with E-state index in [1.54, 1.807) is 25.1 Å².